The van der Waals surface area contributed by atoms with E-state index in [2.05, 4.69) is 10.3 Å². The molecule has 2 aromatic rings. The summed E-state index contributed by atoms with van der Waals surface area (Å²) in [7, 11) is 0. The van der Waals surface area contributed by atoms with E-state index in [0.29, 0.717) is 0 Å². The average molecular weight is 369 g/mol. The number of morpholine rings is 1. The second-order valence-corrected chi connectivity index (χ2v) is 6.01. The topological polar surface area (TPSA) is 97.6 Å². The predicted molar refractivity (Wildman–Crippen MR) is 84.2 cm³/mol. The van der Waals surface area contributed by atoms with E-state index in [4.69, 9.17) is 21.4 Å². The SMILES string of the molecule is C[C@@H]1CN(C(=O)c2cn(-c3cccc(Cl)c3F)nn2)CC(C(=O)O)O1. The highest BCUT2D eigenvalue weighted by Gasteiger charge is 2.34. The summed E-state index contributed by atoms with van der Waals surface area (Å²) in [4.78, 5) is 25.0. The Labute approximate surface area is 146 Å². The van der Waals surface area contributed by atoms with Gasteiger partial charge in [-0.15, -0.1) is 5.10 Å². The van der Waals surface area contributed by atoms with E-state index in [-0.39, 0.29) is 29.5 Å². The van der Waals surface area contributed by atoms with Crippen LogP contribution in [0.2, 0.25) is 5.02 Å². The van der Waals surface area contributed by atoms with Gasteiger partial charge >= 0.3 is 5.97 Å². The van der Waals surface area contributed by atoms with Crippen LogP contribution in [-0.4, -0.2) is 62.2 Å². The quantitative estimate of drug-likeness (QED) is 0.878. The van der Waals surface area contributed by atoms with Gasteiger partial charge in [0.25, 0.3) is 5.91 Å². The molecule has 0 bridgehead atoms. The number of amides is 1. The predicted octanol–water partition coefficient (Wildman–Crippen LogP) is 1.37. The number of hydrogen-bond donors (Lipinski definition) is 1. The van der Waals surface area contributed by atoms with Crippen molar-refractivity contribution in [2.24, 2.45) is 0 Å². The normalized spacial score (nSPS) is 20.5. The molecule has 2 atom stereocenters. The molecule has 2 heterocycles. The van der Waals surface area contributed by atoms with Crippen LogP contribution in [0.5, 0.6) is 0 Å². The highest BCUT2D eigenvalue weighted by Crippen LogP contribution is 2.21. The summed E-state index contributed by atoms with van der Waals surface area (Å²) in [5, 5.41) is 16.5. The number of carbonyl (C=O) groups is 2. The van der Waals surface area contributed by atoms with Crippen molar-refractivity contribution >= 4 is 23.5 Å². The van der Waals surface area contributed by atoms with Gasteiger partial charge in [-0.3, -0.25) is 4.79 Å². The fourth-order valence-electron chi connectivity index (χ4n) is 2.56. The molecule has 0 saturated carbocycles. The van der Waals surface area contributed by atoms with Gasteiger partial charge in [0.15, 0.2) is 17.6 Å². The highest BCUT2D eigenvalue weighted by molar-refractivity contribution is 6.30. The number of benzene rings is 1. The van der Waals surface area contributed by atoms with Gasteiger partial charge in [-0.2, -0.15) is 0 Å². The highest BCUT2D eigenvalue weighted by atomic mass is 35.5. The van der Waals surface area contributed by atoms with Gasteiger partial charge in [0.1, 0.15) is 5.69 Å². The molecular weight excluding hydrogens is 355 g/mol. The smallest absolute Gasteiger partial charge is 0.334 e. The lowest BCUT2D eigenvalue weighted by Gasteiger charge is -2.34. The second-order valence-electron chi connectivity index (χ2n) is 5.61. The number of ether oxygens (including phenoxy) is 1. The molecule has 8 nitrogen and oxygen atoms in total. The van der Waals surface area contributed by atoms with Gasteiger partial charge in [-0.1, -0.05) is 22.9 Å². The summed E-state index contributed by atoms with van der Waals surface area (Å²) in [6, 6.07) is 4.39. The van der Waals surface area contributed by atoms with Crippen molar-refractivity contribution in [1.29, 1.82) is 0 Å². The van der Waals surface area contributed by atoms with E-state index < -0.39 is 29.9 Å². The number of carboxylic acids is 1. The maximum atomic E-state index is 14.0. The third kappa shape index (κ3) is 3.47. The van der Waals surface area contributed by atoms with Crippen molar-refractivity contribution in [1.82, 2.24) is 19.9 Å². The fraction of sp³-hybridized carbons (Fsp3) is 0.333. The first-order valence-corrected chi connectivity index (χ1v) is 7.79. The zero-order chi connectivity index (χ0) is 18.1. The summed E-state index contributed by atoms with van der Waals surface area (Å²) < 4.78 is 20.4. The molecule has 1 aromatic carbocycles. The lowest BCUT2D eigenvalue weighted by molar-refractivity contribution is -0.160. The lowest BCUT2D eigenvalue weighted by Crippen LogP contribution is -2.51. The number of aliphatic carboxylic acids is 1. The maximum Gasteiger partial charge on any atom is 0.334 e. The molecule has 0 aliphatic carbocycles. The van der Waals surface area contributed by atoms with Crippen LogP contribution < -0.4 is 0 Å². The monoisotopic (exact) mass is 368 g/mol. The number of rotatable bonds is 3. The summed E-state index contributed by atoms with van der Waals surface area (Å²) in [6.07, 6.45) is -0.264. The van der Waals surface area contributed by atoms with Crippen molar-refractivity contribution in [2.45, 2.75) is 19.1 Å². The number of halogens is 2. The molecule has 10 heteroatoms. The Morgan fingerprint density at radius 1 is 1.40 bits per heavy atom. The van der Waals surface area contributed by atoms with Crippen molar-refractivity contribution in [3.8, 4) is 5.69 Å². The van der Waals surface area contributed by atoms with Crippen LogP contribution in [0.4, 0.5) is 4.39 Å². The molecule has 0 spiro atoms. The molecule has 1 aromatic heterocycles. The standard InChI is InChI=1S/C15H14ClFN4O4/c1-8-5-20(7-12(25-8)15(23)24)14(22)10-6-21(19-18-10)11-4-2-3-9(16)13(11)17/h2-4,6,8,12H,5,7H2,1H3,(H,23,24)/t8-,12?/m1/s1. The molecule has 132 valence electrons. The molecule has 1 N–H and O–H groups in total. The number of hydrogen-bond acceptors (Lipinski definition) is 5. The van der Waals surface area contributed by atoms with Crippen LogP contribution in [0.25, 0.3) is 5.69 Å². The lowest BCUT2D eigenvalue weighted by atomic mass is 10.2. The van der Waals surface area contributed by atoms with Crippen molar-refractivity contribution in [2.75, 3.05) is 13.1 Å². The van der Waals surface area contributed by atoms with E-state index in [9.17, 15) is 14.0 Å². The van der Waals surface area contributed by atoms with Gasteiger partial charge in [0, 0.05) is 6.54 Å². The first-order chi connectivity index (χ1) is 11.9. The first-order valence-electron chi connectivity index (χ1n) is 7.41. The Balaban J connectivity index is 1.83. The number of nitrogens with zero attached hydrogens (tertiary/aromatic N) is 4. The van der Waals surface area contributed by atoms with Crippen molar-refractivity contribution in [3.63, 3.8) is 0 Å². The minimum atomic E-state index is -1.14. The molecule has 1 saturated heterocycles. The summed E-state index contributed by atoms with van der Waals surface area (Å²) in [6.45, 7) is 1.80. The van der Waals surface area contributed by atoms with Crippen LogP contribution in [0.1, 0.15) is 17.4 Å². The first kappa shape index (κ1) is 17.3. The fourth-order valence-corrected chi connectivity index (χ4v) is 2.73. The molecule has 1 amide bonds. The molecule has 3 rings (SSSR count). The molecule has 1 unspecified atom stereocenters. The molecule has 0 radical (unpaired) electrons. The van der Waals surface area contributed by atoms with Crippen LogP contribution >= 0.6 is 11.6 Å². The van der Waals surface area contributed by atoms with Gasteiger partial charge in [0.2, 0.25) is 0 Å². The van der Waals surface area contributed by atoms with Gasteiger partial charge < -0.3 is 14.7 Å². The zero-order valence-electron chi connectivity index (χ0n) is 13.1. The number of aromatic nitrogens is 3. The molecule has 25 heavy (non-hydrogen) atoms. The Bertz CT molecular complexity index is 828. The Kier molecular flexibility index (Phi) is 4.69. The summed E-state index contributed by atoms with van der Waals surface area (Å²) in [5.41, 5.74) is 0.0235. The van der Waals surface area contributed by atoms with Crippen LogP contribution in [0.3, 0.4) is 0 Å². The van der Waals surface area contributed by atoms with Crippen LogP contribution in [0.15, 0.2) is 24.4 Å². The summed E-state index contributed by atoms with van der Waals surface area (Å²) in [5.74, 6) is -2.33. The maximum absolute atomic E-state index is 14.0. The number of carbonyl (C=O) groups excluding carboxylic acids is 1. The Morgan fingerprint density at radius 2 is 2.16 bits per heavy atom. The molecule has 1 aliphatic heterocycles. The Hall–Kier alpha value is -2.52. The zero-order valence-corrected chi connectivity index (χ0v) is 13.9. The van der Waals surface area contributed by atoms with Gasteiger partial charge in [-0.25, -0.2) is 13.9 Å². The second kappa shape index (κ2) is 6.77. The minimum absolute atomic E-state index is 0.0300. The molecule has 1 fully saturated rings. The molecule has 1 aliphatic rings. The van der Waals surface area contributed by atoms with E-state index in [1.165, 1.54) is 23.2 Å². The van der Waals surface area contributed by atoms with E-state index in [0.717, 1.165) is 4.68 Å². The van der Waals surface area contributed by atoms with Gasteiger partial charge in [0.05, 0.1) is 23.9 Å². The molecular formula is C15H14ClFN4O4. The van der Waals surface area contributed by atoms with Crippen LogP contribution in [0, 0.1) is 5.82 Å². The summed E-state index contributed by atoms with van der Waals surface area (Å²) >= 11 is 5.74. The van der Waals surface area contributed by atoms with Crippen molar-refractivity contribution < 1.29 is 23.8 Å². The van der Waals surface area contributed by atoms with E-state index >= 15 is 0 Å². The van der Waals surface area contributed by atoms with Crippen molar-refractivity contribution in [3.05, 3.63) is 40.9 Å². The minimum Gasteiger partial charge on any atom is -0.479 e. The largest absolute Gasteiger partial charge is 0.479 e. The van der Waals surface area contributed by atoms with E-state index in [1.807, 2.05) is 0 Å². The third-order valence-corrected chi connectivity index (χ3v) is 4.01. The van der Waals surface area contributed by atoms with Crippen LogP contribution in [-0.2, 0) is 9.53 Å². The Morgan fingerprint density at radius 3 is 2.88 bits per heavy atom. The number of carboxylic acid groups (broad SMARTS) is 1. The average Bonchev–Trinajstić information content (AvgIpc) is 3.05. The third-order valence-electron chi connectivity index (χ3n) is 3.71. The van der Waals surface area contributed by atoms with Gasteiger partial charge in [-0.05, 0) is 19.1 Å². The van der Waals surface area contributed by atoms with E-state index in [1.54, 1.807) is 13.0 Å².